The average Bonchev–Trinajstić information content (AvgIpc) is 3.21. The van der Waals surface area contributed by atoms with Crippen molar-refractivity contribution in [3.05, 3.63) is 52.8 Å². The zero-order valence-corrected chi connectivity index (χ0v) is 25.3. The third-order valence-electron chi connectivity index (χ3n) is 11.0. The van der Waals surface area contributed by atoms with Gasteiger partial charge in [0.2, 0.25) is 5.69 Å². The minimum absolute atomic E-state index is 0.0243. The lowest BCUT2D eigenvalue weighted by molar-refractivity contribution is -0.991. The van der Waals surface area contributed by atoms with Gasteiger partial charge >= 0.3 is 5.97 Å². The first kappa shape index (κ1) is 31.2. The van der Waals surface area contributed by atoms with Gasteiger partial charge in [-0.25, -0.2) is 10.0 Å². The summed E-state index contributed by atoms with van der Waals surface area (Å²) in [5.41, 5.74) is 1.36. The molecule has 0 bridgehead atoms. The number of amides is 1. The molecule has 0 aliphatic heterocycles. The van der Waals surface area contributed by atoms with Crippen molar-refractivity contribution in [3.63, 3.8) is 0 Å². The molecule has 4 aliphatic carbocycles. The van der Waals surface area contributed by atoms with Crippen LogP contribution in [0.1, 0.15) is 64.9 Å². The molecule has 0 radical (unpaired) electrons. The lowest BCUT2D eigenvalue weighted by Gasteiger charge is -2.58. The van der Waals surface area contributed by atoms with Crippen molar-refractivity contribution in [2.75, 3.05) is 13.7 Å². The standard InChI is InChI=1S/C32H43N3O8/c1-30-12-9-21(17-20(30)6-7-22-23(30)10-13-31(2)24(22)11-14-32(31,3)39)34-43-18-28(37)33-25(29(38)42-4)15-19-5-8-27(36)26(16-19)35(40)41/h5,8-9,12,16-17,22-25,35-36,39-40H,6-7,10-11,13-15,18H2,1-4H3,(H,33,37)/t22-,23-,24+,25+,30+,31+,32+/m1/s1. The van der Waals surface area contributed by atoms with Crippen molar-refractivity contribution in [3.8, 4) is 5.75 Å². The second-order valence-electron chi connectivity index (χ2n) is 13.3. The summed E-state index contributed by atoms with van der Waals surface area (Å²) in [5.74, 6) is -0.0622. The third kappa shape index (κ3) is 5.71. The molecule has 43 heavy (non-hydrogen) atoms. The molecule has 1 amide bonds. The van der Waals surface area contributed by atoms with Gasteiger partial charge in [0.15, 0.2) is 12.4 Å². The highest BCUT2D eigenvalue weighted by atomic mass is 16.8. The van der Waals surface area contributed by atoms with Crippen LogP contribution >= 0.6 is 0 Å². The third-order valence-corrected chi connectivity index (χ3v) is 11.0. The number of esters is 1. The Bertz CT molecular complexity index is 1350. The summed E-state index contributed by atoms with van der Waals surface area (Å²) in [6.45, 7) is 6.20. The number of phenols is 1. The van der Waals surface area contributed by atoms with Crippen LogP contribution in [0, 0.1) is 33.8 Å². The number of quaternary nitrogens is 1. The number of allylic oxidation sites excluding steroid dienone is 4. The van der Waals surface area contributed by atoms with Crippen molar-refractivity contribution in [2.24, 2.45) is 33.7 Å². The molecule has 5 N–H and O–H groups in total. The number of nitrogens with one attached hydrogen (secondary N) is 2. The van der Waals surface area contributed by atoms with E-state index in [0.29, 0.717) is 29.0 Å². The molecule has 234 valence electrons. The van der Waals surface area contributed by atoms with E-state index in [-0.39, 0.29) is 22.9 Å². The van der Waals surface area contributed by atoms with Crippen molar-refractivity contribution in [2.45, 2.75) is 77.4 Å². The first-order chi connectivity index (χ1) is 20.3. The van der Waals surface area contributed by atoms with E-state index in [9.17, 15) is 30.2 Å². The molecule has 1 aromatic rings. The fourth-order valence-electron chi connectivity index (χ4n) is 8.36. The van der Waals surface area contributed by atoms with Crippen LogP contribution in [0.3, 0.4) is 0 Å². The van der Waals surface area contributed by atoms with Crippen LogP contribution < -0.4 is 10.5 Å². The number of methoxy groups -OCH3 is 1. The van der Waals surface area contributed by atoms with Gasteiger partial charge in [0, 0.05) is 17.9 Å². The number of hydrogen-bond donors (Lipinski definition) is 5. The summed E-state index contributed by atoms with van der Waals surface area (Å²) in [5, 5.41) is 46.9. The largest absolute Gasteiger partial charge is 0.595 e. The molecule has 3 fully saturated rings. The van der Waals surface area contributed by atoms with E-state index in [4.69, 9.17) is 9.57 Å². The summed E-state index contributed by atoms with van der Waals surface area (Å²) < 4.78 is 4.81. The average molecular weight is 598 g/mol. The smallest absolute Gasteiger partial charge is 0.328 e. The van der Waals surface area contributed by atoms with E-state index in [2.05, 4.69) is 36.5 Å². The number of rotatable bonds is 8. The van der Waals surface area contributed by atoms with E-state index >= 15 is 0 Å². The predicted molar refractivity (Wildman–Crippen MR) is 157 cm³/mol. The zero-order chi connectivity index (χ0) is 31.2. The molecule has 0 heterocycles. The summed E-state index contributed by atoms with van der Waals surface area (Å²) in [6, 6.07) is 2.85. The normalized spacial score (nSPS) is 35.2. The number of carbonyl (C=O) groups excluding carboxylic acids is 2. The monoisotopic (exact) mass is 597 g/mol. The van der Waals surface area contributed by atoms with Crippen molar-refractivity contribution < 1.29 is 39.8 Å². The molecule has 0 spiro atoms. The highest BCUT2D eigenvalue weighted by Crippen LogP contribution is 2.66. The molecule has 8 atom stereocenters. The van der Waals surface area contributed by atoms with Gasteiger partial charge in [-0.15, -0.1) is 0 Å². The van der Waals surface area contributed by atoms with Gasteiger partial charge in [-0.05, 0) is 92.4 Å². The molecule has 1 unspecified atom stereocenters. The Morgan fingerprint density at radius 3 is 2.65 bits per heavy atom. The number of benzene rings is 1. The number of fused-ring (bicyclic) bond motifs is 5. The van der Waals surface area contributed by atoms with Crippen LogP contribution in [0.15, 0.2) is 47.2 Å². The highest BCUT2D eigenvalue weighted by molar-refractivity contribution is 6.05. The van der Waals surface area contributed by atoms with Crippen LogP contribution in [0.25, 0.3) is 0 Å². The van der Waals surface area contributed by atoms with E-state index in [1.165, 1.54) is 30.9 Å². The number of ether oxygens (including phenoxy) is 1. The molecule has 3 saturated carbocycles. The minimum atomic E-state index is -1.31. The number of aromatic hydroxyl groups is 1. The van der Waals surface area contributed by atoms with Crippen molar-refractivity contribution in [1.29, 1.82) is 0 Å². The number of aliphatic hydroxyl groups is 1. The van der Waals surface area contributed by atoms with Crippen LogP contribution in [0.5, 0.6) is 5.75 Å². The lowest BCUT2D eigenvalue weighted by atomic mass is 9.47. The highest BCUT2D eigenvalue weighted by Gasteiger charge is 2.62. The first-order valence-electron chi connectivity index (χ1n) is 15.0. The molecule has 1 aromatic carbocycles. The molecule has 11 heteroatoms. The van der Waals surface area contributed by atoms with Gasteiger partial charge in [-0.3, -0.25) is 4.79 Å². The second kappa shape index (κ2) is 11.7. The number of hydrogen-bond acceptors (Lipinski definition) is 9. The van der Waals surface area contributed by atoms with Crippen LogP contribution in [0.4, 0.5) is 5.69 Å². The molecule has 5 rings (SSSR count). The topological polar surface area (TPSA) is 165 Å². The SMILES string of the molecule is COC(=O)[C@H](Cc1ccc(O)c([NH+]([O-])O)c1)NC(=O)CON=C1C=C[C@@]2(C)C(=C1)CC[C@@H]1[C@H]2CC[C@@]2(C)[C@H]1CC[C@]2(C)O. The fraction of sp³-hybridized carbons (Fsp3) is 0.594. The van der Waals surface area contributed by atoms with Gasteiger partial charge in [0.1, 0.15) is 11.8 Å². The van der Waals surface area contributed by atoms with Gasteiger partial charge in [-0.2, -0.15) is 5.23 Å². The second-order valence-corrected chi connectivity index (χ2v) is 13.3. The quantitative estimate of drug-likeness (QED) is 0.173. The summed E-state index contributed by atoms with van der Waals surface area (Å²) >= 11 is 0. The Morgan fingerprint density at radius 2 is 1.93 bits per heavy atom. The molecular weight excluding hydrogens is 554 g/mol. The summed E-state index contributed by atoms with van der Waals surface area (Å²) in [6.07, 6.45) is 12.3. The first-order valence-corrected chi connectivity index (χ1v) is 15.0. The molecule has 0 saturated heterocycles. The minimum Gasteiger partial charge on any atom is -0.595 e. The zero-order valence-electron chi connectivity index (χ0n) is 25.3. The Labute approximate surface area is 251 Å². The summed E-state index contributed by atoms with van der Waals surface area (Å²) in [7, 11) is 1.19. The van der Waals surface area contributed by atoms with E-state index in [0.717, 1.165) is 38.5 Å². The Kier molecular flexibility index (Phi) is 8.47. The van der Waals surface area contributed by atoms with E-state index in [1.54, 1.807) is 0 Å². The lowest BCUT2D eigenvalue weighted by Crippen LogP contribution is -2.99. The summed E-state index contributed by atoms with van der Waals surface area (Å²) in [4.78, 5) is 30.3. The number of nitrogens with zero attached hydrogens (tertiary/aromatic N) is 1. The Hall–Kier alpha value is -3.25. The maximum absolute atomic E-state index is 12.6. The molecule has 4 aliphatic rings. The molecule has 11 nitrogen and oxygen atoms in total. The van der Waals surface area contributed by atoms with Crippen LogP contribution in [0.2, 0.25) is 0 Å². The molecular formula is C32H43N3O8. The van der Waals surface area contributed by atoms with Crippen LogP contribution in [-0.4, -0.2) is 58.4 Å². The van der Waals surface area contributed by atoms with Crippen molar-refractivity contribution in [1.82, 2.24) is 5.32 Å². The van der Waals surface area contributed by atoms with E-state index in [1.807, 2.05) is 13.0 Å². The van der Waals surface area contributed by atoms with Crippen LogP contribution in [-0.2, 0) is 25.6 Å². The predicted octanol–water partition coefficient (Wildman–Crippen LogP) is 2.86. The number of carbonyl (C=O) groups is 2. The fourth-order valence-corrected chi connectivity index (χ4v) is 8.36. The Balaban J connectivity index is 1.20. The van der Waals surface area contributed by atoms with Gasteiger partial charge < -0.3 is 30.3 Å². The van der Waals surface area contributed by atoms with Crippen molar-refractivity contribution >= 4 is 23.3 Å². The number of phenolic OH excluding ortho intramolecular Hbond substituents is 1. The maximum Gasteiger partial charge on any atom is 0.328 e. The maximum atomic E-state index is 12.6. The van der Waals surface area contributed by atoms with Gasteiger partial charge in [-0.1, -0.05) is 36.7 Å². The Morgan fingerprint density at radius 1 is 1.19 bits per heavy atom. The number of oxime groups is 1. The van der Waals surface area contributed by atoms with Gasteiger partial charge in [0.05, 0.1) is 12.7 Å². The van der Waals surface area contributed by atoms with Gasteiger partial charge in [0.25, 0.3) is 5.91 Å². The van der Waals surface area contributed by atoms with E-state index < -0.39 is 41.1 Å². The molecule has 0 aromatic heterocycles.